The molecule has 2 aliphatic heterocycles. The van der Waals surface area contributed by atoms with Gasteiger partial charge in [0.1, 0.15) is 5.82 Å². The maximum Gasteiger partial charge on any atom is 0.142 e. The molecule has 0 saturated carbocycles. The van der Waals surface area contributed by atoms with E-state index in [1.165, 1.54) is 11.1 Å². The number of nitrogens with zero attached hydrogens (tertiary/aromatic N) is 5. The molecule has 0 amide bonds. The Morgan fingerprint density at radius 3 is 2.26 bits per heavy atom. The Bertz CT molecular complexity index is 1800. The van der Waals surface area contributed by atoms with E-state index in [4.69, 9.17) is 4.98 Å². The van der Waals surface area contributed by atoms with Crippen molar-refractivity contribution in [2.45, 2.75) is 25.4 Å². The fourth-order valence-electron chi connectivity index (χ4n) is 6.39. The molecule has 4 aromatic carbocycles. The van der Waals surface area contributed by atoms with Crippen molar-refractivity contribution in [2.24, 2.45) is 0 Å². The van der Waals surface area contributed by atoms with Crippen molar-refractivity contribution in [1.29, 1.82) is 5.26 Å². The Labute approximate surface area is 247 Å². The number of allylic oxidation sites excluding steroid dienone is 2. The summed E-state index contributed by atoms with van der Waals surface area (Å²) in [6, 6.07) is 40.4. The number of anilines is 1. The Morgan fingerprint density at radius 2 is 1.48 bits per heavy atom. The van der Waals surface area contributed by atoms with Crippen LogP contribution in [0.4, 0.5) is 5.69 Å². The summed E-state index contributed by atoms with van der Waals surface area (Å²) in [6.45, 7) is 3.78. The van der Waals surface area contributed by atoms with Crippen molar-refractivity contribution in [1.82, 2.24) is 14.5 Å². The quantitative estimate of drug-likeness (QED) is 0.219. The van der Waals surface area contributed by atoms with E-state index >= 15 is 0 Å². The van der Waals surface area contributed by atoms with Crippen LogP contribution in [0.2, 0.25) is 0 Å². The van der Waals surface area contributed by atoms with Crippen molar-refractivity contribution in [3.05, 3.63) is 144 Å². The molecule has 0 N–H and O–H groups in total. The number of nitriles is 1. The molecule has 42 heavy (non-hydrogen) atoms. The lowest BCUT2D eigenvalue weighted by Gasteiger charge is -2.34. The molecule has 5 nitrogen and oxygen atoms in total. The third-order valence-electron chi connectivity index (χ3n) is 8.47. The third-order valence-corrected chi connectivity index (χ3v) is 8.47. The first-order chi connectivity index (χ1) is 20.8. The van der Waals surface area contributed by atoms with Crippen LogP contribution in [0.3, 0.4) is 0 Å². The van der Waals surface area contributed by atoms with E-state index in [1.54, 1.807) is 0 Å². The molecule has 0 atom stereocenters. The normalized spacial score (nSPS) is 16.2. The van der Waals surface area contributed by atoms with Gasteiger partial charge in [-0.2, -0.15) is 5.26 Å². The molecule has 5 aromatic rings. The smallest absolute Gasteiger partial charge is 0.142 e. The number of fused-ring (bicyclic) bond motifs is 1. The number of aromatic nitrogens is 2. The highest BCUT2D eigenvalue weighted by molar-refractivity contribution is 5.91. The summed E-state index contributed by atoms with van der Waals surface area (Å²) in [5.41, 5.74) is 8.53. The van der Waals surface area contributed by atoms with E-state index in [9.17, 15) is 5.26 Å². The standard InChI is InChI=1S/C37H33N5/c38-24-29-13-7-8-16-34(29)30-23-31(27-41(26-30)32-14-5-2-6-15-32)37-39-35-17-9-10-18-36(35)42(37)33-19-21-40(22-20-33)25-28-11-3-1-4-12-28/h1-18,23,27,33H,19-22,25-26H2. The average molecular weight is 548 g/mol. The van der Waals surface area contributed by atoms with Gasteiger partial charge in [0.15, 0.2) is 0 Å². The second-order valence-corrected chi connectivity index (χ2v) is 11.2. The van der Waals surface area contributed by atoms with E-state index in [0.29, 0.717) is 18.2 Å². The van der Waals surface area contributed by atoms with Crippen LogP contribution in [0.15, 0.2) is 121 Å². The molecule has 1 aromatic heterocycles. The Hall–Kier alpha value is -4.92. The van der Waals surface area contributed by atoms with E-state index < -0.39 is 0 Å². The van der Waals surface area contributed by atoms with Gasteiger partial charge < -0.3 is 9.47 Å². The molecular weight excluding hydrogens is 514 g/mol. The molecule has 2 aliphatic rings. The molecule has 0 unspecified atom stereocenters. The zero-order valence-electron chi connectivity index (χ0n) is 23.6. The number of hydrogen-bond donors (Lipinski definition) is 0. The van der Waals surface area contributed by atoms with Gasteiger partial charge >= 0.3 is 0 Å². The van der Waals surface area contributed by atoms with Crippen LogP contribution in [-0.4, -0.2) is 34.1 Å². The first-order valence-corrected chi connectivity index (χ1v) is 14.7. The fraction of sp³-hybridized carbons (Fsp3) is 0.189. The van der Waals surface area contributed by atoms with Crippen molar-refractivity contribution in [3.8, 4) is 6.07 Å². The first-order valence-electron chi connectivity index (χ1n) is 14.7. The molecule has 0 aliphatic carbocycles. The highest BCUT2D eigenvalue weighted by atomic mass is 15.2. The van der Waals surface area contributed by atoms with Gasteiger partial charge in [0.2, 0.25) is 0 Å². The summed E-state index contributed by atoms with van der Waals surface area (Å²) in [4.78, 5) is 10.1. The van der Waals surface area contributed by atoms with Gasteiger partial charge in [0.25, 0.3) is 0 Å². The van der Waals surface area contributed by atoms with Crippen molar-refractivity contribution < 1.29 is 0 Å². The molecule has 0 spiro atoms. The van der Waals surface area contributed by atoms with Crippen LogP contribution in [0.5, 0.6) is 0 Å². The van der Waals surface area contributed by atoms with Crippen LogP contribution in [0.1, 0.15) is 41.4 Å². The third kappa shape index (κ3) is 5.13. The molecule has 7 rings (SSSR count). The highest BCUT2D eigenvalue weighted by Crippen LogP contribution is 2.36. The monoisotopic (exact) mass is 547 g/mol. The molecule has 0 radical (unpaired) electrons. The minimum absolute atomic E-state index is 0.357. The van der Waals surface area contributed by atoms with Crippen molar-refractivity contribution in [2.75, 3.05) is 24.5 Å². The van der Waals surface area contributed by atoms with E-state index in [2.05, 4.69) is 118 Å². The Balaban J connectivity index is 1.28. The maximum absolute atomic E-state index is 9.91. The summed E-state index contributed by atoms with van der Waals surface area (Å²) in [5.74, 6) is 0.991. The molecule has 1 fully saturated rings. The number of likely N-dealkylation sites (tertiary alicyclic amines) is 1. The molecule has 0 bridgehead atoms. The van der Waals surface area contributed by atoms with Gasteiger partial charge in [-0.1, -0.05) is 78.9 Å². The van der Waals surface area contributed by atoms with E-state index in [-0.39, 0.29) is 0 Å². The SMILES string of the molecule is N#Cc1ccccc1C1=CC(c2nc3ccccc3n2C2CCN(Cc3ccccc3)CC2)=CN(c2ccccc2)C1. The van der Waals surface area contributed by atoms with Crippen LogP contribution in [0.25, 0.3) is 22.2 Å². The van der Waals surface area contributed by atoms with Crippen LogP contribution in [-0.2, 0) is 6.54 Å². The van der Waals surface area contributed by atoms with Gasteiger partial charge in [-0.3, -0.25) is 4.90 Å². The van der Waals surface area contributed by atoms with Crippen LogP contribution < -0.4 is 4.90 Å². The number of para-hydroxylation sites is 3. The predicted molar refractivity (Wildman–Crippen MR) is 171 cm³/mol. The maximum atomic E-state index is 9.91. The Kier molecular flexibility index (Phi) is 7.13. The summed E-state index contributed by atoms with van der Waals surface area (Å²) >= 11 is 0. The number of piperidine rings is 1. The number of benzene rings is 4. The van der Waals surface area contributed by atoms with Gasteiger partial charge in [-0.25, -0.2) is 4.98 Å². The van der Waals surface area contributed by atoms with Gasteiger partial charge in [0.05, 0.1) is 22.7 Å². The zero-order valence-corrected chi connectivity index (χ0v) is 23.6. The van der Waals surface area contributed by atoms with Crippen LogP contribution >= 0.6 is 0 Å². The van der Waals surface area contributed by atoms with Crippen molar-refractivity contribution in [3.63, 3.8) is 0 Å². The Morgan fingerprint density at radius 1 is 0.786 bits per heavy atom. The van der Waals surface area contributed by atoms with Gasteiger partial charge in [-0.05, 0) is 65.9 Å². The largest absolute Gasteiger partial charge is 0.343 e. The highest BCUT2D eigenvalue weighted by Gasteiger charge is 2.27. The topological polar surface area (TPSA) is 48.1 Å². The fourth-order valence-corrected chi connectivity index (χ4v) is 6.39. The minimum atomic E-state index is 0.357. The first kappa shape index (κ1) is 26.0. The predicted octanol–water partition coefficient (Wildman–Crippen LogP) is 7.69. The molecule has 1 saturated heterocycles. The van der Waals surface area contributed by atoms with Crippen LogP contribution in [0, 0.1) is 11.3 Å². The lowest BCUT2D eigenvalue weighted by molar-refractivity contribution is 0.181. The number of imidazole rings is 1. The zero-order chi connectivity index (χ0) is 28.3. The van der Waals surface area contributed by atoms with Gasteiger partial charge in [0, 0.05) is 49.7 Å². The summed E-state index contributed by atoms with van der Waals surface area (Å²) < 4.78 is 2.49. The summed E-state index contributed by atoms with van der Waals surface area (Å²) in [6.07, 6.45) is 6.63. The van der Waals surface area contributed by atoms with E-state index in [0.717, 1.165) is 66.2 Å². The molecule has 5 heteroatoms. The molecule has 3 heterocycles. The number of hydrogen-bond acceptors (Lipinski definition) is 4. The van der Waals surface area contributed by atoms with E-state index in [1.807, 2.05) is 24.3 Å². The average Bonchev–Trinajstić information content (AvgIpc) is 3.46. The second-order valence-electron chi connectivity index (χ2n) is 11.2. The number of rotatable bonds is 6. The van der Waals surface area contributed by atoms with Crippen molar-refractivity contribution >= 4 is 27.9 Å². The minimum Gasteiger partial charge on any atom is -0.343 e. The molecule has 206 valence electrons. The van der Waals surface area contributed by atoms with Gasteiger partial charge in [-0.15, -0.1) is 0 Å². The molecular formula is C37H33N5. The second kappa shape index (κ2) is 11.5. The lowest BCUT2D eigenvalue weighted by Crippen LogP contribution is -2.34. The summed E-state index contributed by atoms with van der Waals surface area (Å²) in [5, 5.41) is 9.91. The summed E-state index contributed by atoms with van der Waals surface area (Å²) in [7, 11) is 0. The lowest BCUT2D eigenvalue weighted by atomic mass is 9.95.